The Hall–Kier alpha value is -1.64. The van der Waals surface area contributed by atoms with Crippen LogP contribution in [0.2, 0.25) is 0 Å². The molecular weight excluding hydrogens is 168 g/mol. The van der Waals surface area contributed by atoms with Gasteiger partial charge in [0, 0.05) is 17.5 Å². The Morgan fingerprint density at radius 1 is 1.54 bits per heavy atom. The number of benzene rings is 1. The smallest absolute Gasteiger partial charge is 0.150 e. The topological polar surface area (TPSA) is 54.4 Å². The molecule has 0 fully saturated rings. The van der Waals surface area contributed by atoms with E-state index in [9.17, 15) is 14.7 Å². The van der Waals surface area contributed by atoms with Crippen molar-refractivity contribution in [2.75, 3.05) is 0 Å². The molecule has 0 aromatic heterocycles. The summed E-state index contributed by atoms with van der Waals surface area (Å²) in [5, 5.41) is 9.36. The number of phenolic OH excluding ortho intramolecular Hbond substituents is 1. The van der Waals surface area contributed by atoms with Gasteiger partial charge in [0.15, 0.2) is 0 Å². The zero-order valence-corrected chi connectivity index (χ0v) is 7.28. The van der Waals surface area contributed by atoms with Gasteiger partial charge < -0.3 is 5.11 Å². The summed E-state index contributed by atoms with van der Waals surface area (Å²) in [6.45, 7) is 1.42. The summed E-state index contributed by atoms with van der Waals surface area (Å²) in [6.07, 6.45) is 0.735. The number of hydrogen-bond acceptors (Lipinski definition) is 3. The van der Waals surface area contributed by atoms with Crippen molar-refractivity contribution in [3.05, 3.63) is 29.3 Å². The number of ketones is 1. The van der Waals surface area contributed by atoms with Crippen LogP contribution in [0.1, 0.15) is 22.8 Å². The van der Waals surface area contributed by atoms with Crippen molar-refractivity contribution < 1.29 is 14.7 Å². The van der Waals surface area contributed by atoms with Gasteiger partial charge in [0.25, 0.3) is 0 Å². The van der Waals surface area contributed by atoms with Crippen LogP contribution in [0.5, 0.6) is 5.75 Å². The number of rotatable bonds is 3. The van der Waals surface area contributed by atoms with Gasteiger partial charge in [-0.2, -0.15) is 0 Å². The Kier molecular flexibility index (Phi) is 2.80. The lowest BCUT2D eigenvalue weighted by atomic mass is 10.0. The fourth-order valence-electron chi connectivity index (χ4n) is 1.14. The van der Waals surface area contributed by atoms with Crippen LogP contribution in [-0.2, 0) is 11.2 Å². The molecule has 3 nitrogen and oxygen atoms in total. The van der Waals surface area contributed by atoms with E-state index in [1.54, 1.807) is 12.1 Å². The molecule has 0 aliphatic heterocycles. The fourth-order valence-corrected chi connectivity index (χ4v) is 1.14. The summed E-state index contributed by atoms with van der Waals surface area (Å²) in [5.41, 5.74) is 0.778. The number of hydrogen-bond donors (Lipinski definition) is 1. The van der Waals surface area contributed by atoms with E-state index < -0.39 is 0 Å². The summed E-state index contributed by atoms with van der Waals surface area (Å²) in [5.74, 6) is -0.0793. The van der Waals surface area contributed by atoms with E-state index in [1.807, 2.05) is 0 Å². The van der Waals surface area contributed by atoms with Crippen LogP contribution < -0.4 is 0 Å². The lowest BCUT2D eigenvalue weighted by molar-refractivity contribution is -0.116. The maximum atomic E-state index is 10.8. The molecule has 0 atom stereocenters. The van der Waals surface area contributed by atoms with Gasteiger partial charge in [-0.3, -0.25) is 9.59 Å². The monoisotopic (exact) mass is 178 g/mol. The van der Waals surface area contributed by atoms with Crippen molar-refractivity contribution in [1.29, 1.82) is 0 Å². The lowest BCUT2D eigenvalue weighted by Crippen LogP contribution is -2.00. The van der Waals surface area contributed by atoms with Crippen LogP contribution >= 0.6 is 0 Å². The summed E-state index contributed by atoms with van der Waals surface area (Å²) in [7, 11) is 0. The Bertz CT molecular complexity index is 342. The third-order valence-electron chi connectivity index (χ3n) is 1.74. The first-order valence-corrected chi connectivity index (χ1v) is 3.90. The van der Waals surface area contributed by atoms with Crippen LogP contribution in [0.15, 0.2) is 18.2 Å². The first kappa shape index (κ1) is 9.45. The second-order valence-electron chi connectivity index (χ2n) is 2.84. The van der Waals surface area contributed by atoms with Crippen molar-refractivity contribution in [2.45, 2.75) is 13.3 Å². The van der Waals surface area contributed by atoms with E-state index in [0.29, 0.717) is 17.4 Å². The molecule has 1 rings (SSSR count). The second-order valence-corrected chi connectivity index (χ2v) is 2.84. The number of aromatic hydroxyl groups is 1. The molecule has 3 heteroatoms. The highest BCUT2D eigenvalue weighted by Gasteiger charge is 2.08. The van der Waals surface area contributed by atoms with Crippen molar-refractivity contribution in [3.63, 3.8) is 0 Å². The first-order valence-electron chi connectivity index (χ1n) is 3.90. The highest BCUT2D eigenvalue weighted by molar-refractivity contribution is 5.85. The summed E-state index contributed by atoms with van der Waals surface area (Å²) in [4.78, 5) is 21.3. The molecule has 0 heterocycles. The molecule has 0 aliphatic rings. The average Bonchev–Trinajstić information content (AvgIpc) is 2.08. The van der Waals surface area contributed by atoms with E-state index in [1.165, 1.54) is 13.0 Å². The van der Waals surface area contributed by atoms with E-state index in [0.717, 1.165) is 0 Å². The summed E-state index contributed by atoms with van der Waals surface area (Å²) >= 11 is 0. The van der Waals surface area contributed by atoms with Crippen LogP contribution in [0.4, 0.5) is 0 Å². The van der Waals surface area contributed by atoms with Crippen LogP contribution in [-0.4, -0.2) is 17.2 Å². The van der Waals surface area contributed by atoms with Gasteiger partial charge in [-0.25, -0.2) is 0 Å². The van der Waals surface area contributed by atoms with Crippen LogP contribution in [0.3, 0.4) is 0 Å². The Morgan fingerprint density at radius 2 is 2.23 bits per heavy atom. The third-order valence-corrected chi connectivity index (χ3v) is 1.74. The molecular formula is C10H10O3. The molecule has 0 spiro atoms. The van der Waals surface area contributed by atoms with Gasteiger partial charge in [-0.15, -0.1) is 0 Å². The number of carbonyl (C=O) groups is 2. The molecule has 0 saturated carbocycles. The normalized spacial score (nSPS) is 9.62. The second kappa shape index (κ2) is 3.85. The van der Waals surface area contributed by atoms with E-state index >= 15 is 0 Å². The Labute approximate surface area is 76.0 Å². The summed E-state index contributed by atoms with van der Waals surface area (Å²) in [6, 6.07) is 4.61. The minimum Gasteiger partial charge on any atom is -0.508 e. The lowest BCUT2D eigenvalue weighted by Gasteiger charge is -2.04. The van der Waals surface area contributed by atoms with Gasteiger partial charge >= 0.3 is 0 Å². The van der Waals surface area contributed by atoms with Gasteiger partial charge in [0.05, 0.1) is 0 Å². The highest BCUT2D eigenvalue weighted by atomic mass is 16.3. The molecule has 1 aromatic carbocycles. The Morgan fingerprint density at radius 3 is 2.77 bits per heavy atom. The van der Waals surface area contributed by atoms with Crippen molar-refractivity contribution in [3.8, 4) is 5.75 Å². The molecule has 0 unspecified atom stereocenters. The zero-order valence-electron chi connectivity index (χ0n) is 7.28. The highest BCUT2D eigenvalue weighted by Crippen LogP contribution is 2.20. The molecule has 0 amide bonds. The molecule has 1 aromatic rings. The largest absolute Gasteiger partial charge is 0.508 e. The minimum absolute atomic E-state index is 0.000185. The Balaban J connectivity index is 3.14. The maximum absolute atomic E-state index is 10.8. The predicted molar refractivity (Wildman–Crippen MR) is 47.9 cm³/mol. The number of carbonyl (C=O) groups excluding carboxylic acids is 2. The molecule has 0 aliphatic carbocycles. The van der Waals surface area contributed by atoms with Gasteiger partial charge in [0.2, 0.25) is 0 Å². The van der Waals surface area contributed by atoms with E-state index in [4.69, 9.17) is 0 Å². The summed E-state index contributed by atoms with van der Waals surface area (Å²) < 4.78 is 0. The first-order chi connectivity index (χ1) is 6.15. The predicted octanol–water partition coefficient (Wildman–Crippen LogP) is 1.34. The van der Waals surface area contributed by atoms with E-state index in [-0.39, 0.29) is 18.0 Å². The average molecular weight is 178 g/mol. The fraction of sp³-hybridized carbons (Fsp3) is 0.200. The molecule has 1 N–H and O–H groups in total. The van der Waals surface area contributed by atoms with Crippen LogP contribution in [0.25, 0.3) is 0 Å². The number of Topliss-reactive ketones (excluding diaryl/α,β-unsaturated/α-hetero) is 1. The maximum Gasteiger partial charge on any atom is 0.150 e. The zero-order chi connectivity index (χ0) is 9.84. The molecule has 0 radical (unpaired) electrons. The molecule has 13 heavy (non-hydrogen) atoms. The van der Waals surface area contributed by atoms with Gasteiger partial charge in [0.1, 0.15) is 17.8 Å². The van der Waals surface area contributed by atoms with Gasteiger partial charge in [-0.1, -0.05) is 12.1 Å². The van der Waals surface area contributed by atoms with Crippen molar-refractivity contribution in [1.82, 2.24) is 0 Å². The standard InChI is InChI=1S/C10H10O3/c1-7(12)5-9-8(6-11)3-2-4-10(9)13/h2-4,6,13H,5H2,1H3. The molecule has 68 valence electrons. The van der Waals surface area contributed by atoms with Crippen molar-refractivity contribution >= 4 is 12.1 Å². The molecule has 0 bridgehead atoms. The third kappa shape index (κ3) is 2.15. The van der Waals surface area contributed by atoms with Gasteiger partial charge in [-0.05, 0) is 13.0 Å². The number of phenols is 1. The van der Waals surface area contributed by atoms with Crippen molar-refractivity contribution in [2.24, 2.45) is 0 Å². The van der Waals surface area contributed by atoms with Crippen LogP contribution in [0, 0.1) is 0 Å². The SMILES string of the molecule is CC(=O)Cc1c(O)cccc1C=O. The molecule has 0 saturated heterocycles. The quantitative estimate of drug-likeness (QED) is 0.710. The minimum atomic E-state index is -0.0791. The number of aldehydes is 1. The van der Waals surface area contributed by atoms with E-state index in [2.05, 4.69) is 0 Å².